The lowest BCUT2D eigenvalue weighted by atomic mass is 10.1. The first-order valence-electron chi connectivity index (χ1n) is 10.1. The monoisotopic (exact) mass is 416 g/mol. The molecule has 1 saturated heterocycles. The molecule has 1 heterocycles. The zero-order chi connectivity index (χ0) is 20.8. The average Bonchev–Trinajstić information content (AvgIpc) is 2.73. The summed E-state index contributed by atoms with van der Waals surface area (Å²) in [6.45, 7) is 7.84. The van der Waals surface area contributed by atoms with Crippen LogP contribution in [0.1, 0.15) is 30.6 Å². The summed E-state index contributed by atoms with van der Waals surface area (Å²) in [6, 6.07) is 13.2. The van der Waals surface area contributed by atoms with Gasteiger partial charge in [-0.25, -0.2) is 0 Å². The number of carbonyl (C=O) groups is 1. The number of ether oxygens (including phenoxy) is 2. The summed E-state index contributed by atoms with van der Waals surface area (Å²) < 4.78 is 11.3. The fourth-order valence-corrected chi connectivity index (χ4v) is 3.53. The number of halogens is 1. The molecule has 5 nitrogen and oxygen atoms in total. The van der Waals surface area contributed by atoms with Crippen molar-refractivity contribution in [2.75, 3.05) is 44.8 Å². The minimum Gasteiger partial charge on any atom is -0.493 e. The molecule has 2 aromatic carbocycles. The van der Waals surface area contributed by atoms with Crippen molar-refractivity contribution in [1.82, 2.24) is 4.90 Å². The highest BCUT2D eigenvalue weighted by atomic mass is 35.5. The van der Waals surface area contributed by atoms with Gasteiger partial charge in [-0.15, -0.1) is 0 Å². The predicted octanol–water partition coefficient (Wildman–Crippen LogP) is 4.74. The van der Waals surface area contributed by atoms with E-state index in [4.69, 9.17) is 21.1 Å². The zero-order valence-corrected chi connectivity index (χ0v) is 18.1. The Morgan fingerprint density at radius 1 is 1.07 bits per heavy atom. The van der Waals surface area contributed by atoms with E-state index in [-0.39, 0.29) is 5.91 Å². The molecule has 0 saturated carbocycles. The number of benzene rings is 2. The lowest BCUT2D eigenvalue weighted by Gasteiger charge is -2.36. The molecule has 0 bridgehead atoms. The minimum atomic E-state index is 0.0165. The van der Waals surface area contributed by atoms with Crippen LogP contribution in [0, 0.1) is 5.92 Å². The highest BCUT2D eigenvalue weighted by Gasteiger charge is 2.23. The normalized spacial score (nSPS) is 14.2. The molecule has 3 rings (SSSR count). The van der Waals surface area contributed by atoms with Gasteiger partial charge in [-0.3, -0.25) is 4.79 Å². The Labute approximate surface area is 178 Å². The van der Waals surface area contributed by atoms with Gasteiger partial charge in [0.2, 0.25) is 0 Å². The van der Waals surface area contributed by atoms with E-state index in [2.05, 4.69) is 18.7 Å². The van der Waals surface area contributed by atoms with Crippen molar-refractivity contribution in [2.45, 2.75) is 20.3 Å². The van der Waals surface area contributed by atoms with E-state index >= 15 is 0 Å². The van der Waals surface area contributed by atoms with Crippen molar-refractivity contribution in [3.05, 3.63) is 53.1 Å². The van der Waals surface area contributed by atoms with Crippen molar-refractivity contribution in [2.24, 2.45) is 5.92 Å². The molecule has 0 spiro atoms. The van der Waals surface area contributed by atoms with E-state index in [0.29, 0.717) is 42.7 Å². The van der Waals surface area contributed by atoms with E-state index in [1.165, 1.54) is 0 Å². The summed E-state index contributed by atoms with van der Waals surface area (Å²) in [5.41, 5.74) is 1.71. The summed E-state index contributed by atoms with van der Waals surface area (Å²) in [7, 11) is 1.60. The van der Waals surface area contributed by atoms with Gasteiger partial charge in [0, 0.05) is 42.5 Å². The molecular formula is C23H29ClN2O3. The zero-order valence-electron chi connectivity index (χ0n) is 17.4. The van der Waals surface area contributed by atoms with Crippen LogP contribution in [0.5, 0.6) is 11.5 Å². The van der Waals surface area contributed by atoms with Gasteiger partial charge < -0.3 is 19.3 Å². The van der Waals surface area contributed by atoms with Crippen LogP contribution >= 0.6 is 11.6 Å². The lowest BCUT2D eigenvalue weighted by molar-refractivity contribution is 0.0746. The maximum Gasteiger partial charge on any atom is 0.254 e. The fourth-order valence-electron chi connectivity index (χ4n) is 3.35. The number of piperazine rings is 1. The summed E-state index contributed by atoms with van der Waals surface area (Å²) in [6.07, 6.45) is 0.973. The second-order valence-electron chi connectivity index (χ2n) is 7.66. The summed E-state index contributed by atoms with van der Waals surface area (Å²) in [5.74, 6) is 1.86. The van der Waals surface area contributed by atoms with Gasteiger partial charge in [0.05, 0.1) is 13.7 Å². The molecule has 0 unspecified atom stereocenters. The van der Waals surface area contributed by atoms with Gasteiger partial charge >= 0.3 is 0 Å². The molecule has 1 fully saturated rings. The summed E-state index contributed by atoms with van der Waals surface area (Å²) in [4.78, 5) is 17.1. The van der Waals surface area contributed by atoms with Gasteiger partial charge in [-0.2, -0.15) is 0 Å². The summed E-state index contributed by atoms with van der Waals surface area (Å²) >= 11 is 6.10. The third-order valence-corrected chi connectivity index (χ3v) is 5.34. The van der Waals surface area contributed by atoms with Crippen LogP contribution in [0.15, 0.2) is 42.5 Å². The van der Waals surface area contributed by atoms with Crippen molar-refractivity contribution in [3.63, 3.8) is 0 Å². The smallest absolute Gasteiger partial charge is 0.254 e. The van der Waals surface area contributed by atoms with Crippen LogP contribution in [0.2, 0.25) is 5.02 Å². The van der Waals surface area contributed by atoms with Crippen molar-refractivity contribution in [1.29, 1.82) is 0 Å². The van der Waals surface area contributed by atoms with Crippen LogP contribution in [0.4, 0.5) is 5.69 Å². The molecule has 1 amide bonds. The van der Waals surface area contributed by atoms with Gasteiger partial charge in [0.25, 0.3) is 5.91 Å². The molecule has 0 aliphatic carbocycles. The molecule has 1 aliphatic heterocycles. The molecule has 2 aromatic rings. The van der Waals surface area contributed by atoms with Gasteiger partial charge in [0.15, 0.2) is 11.5 Å². The number of rotatable bonds is 7. The van der Waals surface area contributed by atoms with Crippen molar-refractivity contribution in [3.8, 4) is 11.5 Å². The highest BCUT2D eigenvalue weighted by Crippen LogP contribution is 2.29. The highest BCUT2D eigenvalue weighted by molar-refractivity contribution is 6.30. The fraction of sp³-hybridized carbons (Fsp3) is 0.435. The molecular weight excluding hydrogens is 388 g/mol. The Morgan fingerprint density at radius 3 is 2.48 bits per heavy atom. The number of hydrogen-bond acceptors (Lipinski definition) is 4. The van der Waals surface area contributed by atoms with E-state index in [0.717, 1.165) is 30.2 Å². The van der Waals surface area contributed by atoms with Crippen LogP contribution in [-0.2, 0) is 0 Å². The number of hydrogen-bond donors (Lipinski definition) is 0. The maximum absolute atomic E-state index is 13.0. The quantitative estimate of drug-likeness (QED) is 0.654. The Hall–Kier alpha value is -2.40. The standard InChI is InChI=1S/C23H29ClN2O3/c1-17(2)9-14-29-21-8-7-18(15-22(21)28-3)23(27)26-12-10-25(11-13-26)20-6-4-5-19(24)16-20/h4-8,15-17H,9-14H2,1-3H3. The van der Waals surface area contributed by atoms with Crippen LogP contribution < -0.4 is 14.4 Å². The Balaban J connectivity index is 1.61. The van der Waals surface area contributed by atoms with Gasteiger partial charge in [-0.1, -0.05) is 31.5 Å². The van der Waals surface area contributed by atoms with E-state index in [9.17, 15) is 4.79 Å². The molecule has 0 aromatic heterocycles. The topological polar surface area (TPSA) is 42.0 Å². The second kappa shape index (κ2) is 9.88. The number of nitrogens with zero attached hydrogens (tertiary/aromatic N) is 2. The average molecular weight is 417 g/mol. The first-order chi connectivity index (χ1) is 14.0. The molecule has 6 heteroatoms. The SMILES string of the molecule is COc1cc(C(=O)N2CCN(c3cccc(Cl)c3)CC2)ccc1OCCC(C)C. The molecule has 29 heavy (non-hydrogen) atoms. The Kier molecular flexibility index (Phi) is 7.26. The van der Waals surface area contributed by atoms with Gasteiger partial charge in [-0.05, 0) is 48.7 Å². The molecule has 0 radical (unpaired) electrons. The molecule has 1 aliphatic rings. The number of methoxy groups -OCH3 is 1. The Bertz CT molecular complexity index is 833. The van der Waals surface area contributed by atoms with E-state index < -0.39 is 0 Å². The van der Waals surface area contributed by atoms with Gasteiger partial charge in [0.1, 0.15) is 0 Å². The Morgan fingerprint density at radius 2 is 1.83 bits per heavy atom. The number of anilines is 1. The third-order valence-electron chi connectivity index (χ3n) is 5.10. The largest absolute Gasteiger partial charge is 0.493 e. The predicted molar refractivity (Wildman–Crippen MR) is 118 cm³/mol. The first kappa shape index (κ1) is 21.3. The third kappa shape index (κ3) is 5.57. The van der Waals surface area contributed by atoms with Crippen LogP contribution in [-0.4, -0.2) is 50.7 Å². The van der Waals surface area contributed by atoms with E-state index in [1.807, 2.05) is 41.3 Å². The molecule has 0 atom stereocenters. The summed E-state index contributed by atoms with van der Waals surface area (Å²) in [5, 5.41) is 0.726. The van der Waals surface area contributed by atoms with Crippen molar-refractivity contribution >= 4 is 23.2 Å². The first-order valence-corrected chi connectivity index (χ1v) is 10.5. The maximum atomic E-state index is 13.0. The lowest BCUT2D eigenvalue weighted by Crippen LogP contribution is -2.48. The number of amides is 1. The molecule has 156 valence electrons. The van der Waals surface area contributed by atoms with Crippen molar-refractivity contribution < 1.29 is 14.3 Å². The van der Waals surface area contributed by atoms with Crippen LogP contribution in [0.3, 0.4) is 0 Å². The number of carbonyl (C=O) groups excluding carboxylic acids is 1. The molecule has 0 N–H and O–H groups in total. The van der Waals surface area contributed by atoms with Crippen LogP contribution in [0.25, 0.3) is 0 Å². The minimum absolute atomic E-state index is 0.0165. The van der Waals surface area contributed by atoms with E-state index in [1.54, 1.807) is 13.2 Å². The second-order valence-corrected chi connectivity index (χ2v) is 8.09.